The van der Waals surface area contributed by atoms with E-state index in [4.69, 9.17) is 4.42 Å². The van der Waals surface area contributed by atoms with Crippen LogP contribution >= 0.6 is 23.1 Å². The molecule has 2 aromatic carbocycles. The van der Waals surface area contributed by atoms with Crippen molar-refractivity contribution in [2.24, 2.45) is 0 Å². The van der Waals surface area contributed by atoms with E-state index in [-0.39, 0.29) is 24.0 Å². The first-order valence-corrected chi connectivity index (χ1v) is 12.2. The van der Waals surface area contributed by atoms with E-state index in [9.17, 15) is 9.18 Å². The smallest absolute Gasteiger partial charge is 0.273 e. The number of para-hydroxylation sites is 1. The highest BCUT2D eigenvalue weighted by molar-refractivity contribution is 7.98. The van der Waals surface area contributed by atoms with Crippen LogP contribution < -0.4 is 5.32 Å². The molecule has 34 heavy (non-hydrogen) atoms. The van der Waals surface area contributed by atoms with E-state index in [1.165, 1.54) is 30.2 Å². The van der Waals surface area contributed by atoms with E-state index >= 15 is 0 Å². The third-order valence-corrected chi connectivity index (χ3v) is 6.64. The van der Waals surface area contributed by atoms with Gasteiger partial charge in [-0.25, -0.2) is 9.37 Å². The molecule has 0 bridgehead atoms. The number of hydrogen-bond acceptors (Lipinski definition) is 7. The number of amides is 1. The number of nitrogens with zero attached hydrogens (tertiary/aromatic N) is 4. The molecule has 10 heteroatoms. The minimum atomic E-state index is -0.364. The molecule has 0 radical (unpaired) electrons. The molecule has 0 aliphatic carbocycles. The third-order valence-electron chi connectivity index (χ3n) is 4.86. The standard InChI is InChI=1S/C24H18FN5O2S2/c25-17-10-8-16(9-11-17)13-26-23(31)19-14-32-21(27-19)15-34-24-29-28-22(20-7-4-12-33-20)30(24)18-5-2-1-3-6-18/h1-12,14H,13,15H2,(H,26,31). The van der Waals surface area contributed by atoms with Crippen LogP contribution in [-0.2, 0) is 12.3 Å². The van der Waals surface area contributed by atoms with Crippen molar-refractivity contribution in [3.05, 3.63) is 101 Å². The van der Waals surface area contributed by atoms with Crippen LogP contribution in [0.5, 0.6) is 0 Å². The van der Waals surface area contributed by atoms with E-state index in [0.717, 1.165) is 22.0 Å². The zero-order valence-corrected chi connectivity index (χ0v) is 19.4. The quantitative estimate of drug-likeness (QED) is 0.295. The summed E-state index contributed by atoms with van der Waals surface area (Å²) in [6.07, 6.45) is 1.33. The van der Waals surface area contributed by atoms with Crippen molar-refractivity contribution in [2.75, 3.05) is 0 Å². The summed E-state index contributed by atoms with van der Waals surface area (Å²) in [6, 6.07) is 19.8. The fraction of sp³-hybridized carbons (Fsp3) is 0.0833. The maximum Gasteiger partial charge on any atom is 0.273 e. The summed E-state index contributed by atoms with van der Waals surface area (Å²) < 4.78 is 20.5. The Bertz CT molecular complexity index is 1380. The molecule has 170 valence electrons. The highest BCUT2D eigenvalue weighted by Crippen LogP contribution is 2.31. The third kappa shape index (κ3) is 4.92. The van der Waals surface area contributed by atoms with Crippen LogP contribution in [0.1, 0.15) is 21.9 Å². The number of nitrogens with one attached hydrogen (secondary N) is 1. The maximum absolute atomic E-state index is 13.0. The fourth-order valence-electron chi connectivity index (χ4n) is 3.22. The lowest BCUT2D eigenvalue weighted by Crippen LogP contribution is -2.23. The van der Waals surface area contributed by atoms with Gasteiger partial charge < -0.3 is 9.73 Å². The Morgan fingerprint density at radius 2 is 1.88 bits per heavy atom. The van der Waals surface area contributed by atoms with Gasteiger partial charge in [0.25, 0.3) is 5.91 Å². The number of carbonyl (C=O) groups excluding carboxylic acids is 1. The number of rotatable bonds is 8. The van der Waals surface area contributed by atoms with Gasteiger partial charge in [0.2, 0.25) is 5.89 Å². The molecule has 1 N–H and O–H groups in total. The summed E-state index contributed by atoms with van der Waals surface area (Å²) in [5.74, 6) is 0.853. The summed E-state index contributed by atoms with van der Waals surface area (Å²) in [4.78, 5) is 17.7. The largest absolute Gasteiger partial charge is 0.447 e. The summed E-state index contributed by atoms with van der Waals surface area (Å²) in [6.45, 7) is 0.266. The number of thioether (sulfide) groups is 1. The SMILES string of the molecule is O=C(NCc1ccc(F)cc1)c1coc(CSc2nnc(-c3cccs3)n2-c2ccccc2)n1. The van der Waals surface area contributed by atoms with Gasteiger partial charge in [0, 0.05) is 12.2 Å². The van der Waals surface area contributed by atoms with Crippen molar-refractivity contribution < 1.29 is 13.6 Å². The average Bonchev–Trinajstić information content (AvgIpc) is 3.63. The zero-order valence-electron chi connectivity index (χ0n) is 17.7. The van der Waals surface area contributed by atoms with Crippen molar-refractivity contribution in [1.82, 2.24) is 25.1 Å². The first-order chi connectivity index (χ1) is 16.7. The molecular formula is C24H18FN5O2S2. The summed E-state index contributed by atoms with van der Waals surface area (Å²) >= 11 is 3.02. The fourth-order valence-corrected chi connectivity index (χ4v) is 4.72. The van der Waals surface area contributed by atoms with Crippen LogP contribution in [0, 0.1) is 5.82 Å². The number of benzene rings is 2. The van der Waals surface area contributed by atoms with E-state index in [1.54, 1.807) is 23.5 Å². The molecule has 0 saturated carbocycles. The second kappa shape index (κ2) is 10.0. The Morgan fingerprint density at radius 1 is 1.06 bits per heavy atom. The van der Waals surface area contributed by atoms with Gasteiger partial charge in [-0.15, -0.1) is 21.5 Å². The molecule has 0 atom stereocenters. The first-order valence-electron chi connectivity index (χ1n) is 10.3. The van der Waals surface area contributed by atoms with Crippen molar-refractivity contribution >= 4 is 29.0 Å². The van der Waals surface area contributed by atoms with Crippen LogP contribution in [0.25, 0.3) is 16.4 Å². The number of halogens is 1. The van der Waals surface area contributed by atoms with Gasteiger partial charge in [-0.3, -0.25) is 9.36 Å². The highest BCUT2D eigenvalue weighted by atomic mass is 32.2. The second-order valence-electron chi connectivity index (χ2n) is 7.18. The van der Waals surface area contributed by atoms with Gasteiger partial charge in [-0.05, 0) is 41.3 Å². The van der Waals surface area contributed by atoms with Crippen molar-refractivity contribution in [1.29, 1.82) is 0 Å². The lowest BCUT2D eigenvalue weighted by atomic mass is 10.2. The number of hydrogen-bond donors (Lipinski definition) is 1. The minimum absolute atomic E-state index is 0.182. The van der Waals surface area contributed by atoms with Crippen LogP contribution in [0.2, 0.25) is 0 Å². The van der Waals surface area contributed by atoms with Gasteiger partial charge in [0.05, 0.1) is 10.6 Å². The van der Waals surface area contributed by atoms with Crippen LogP contribution in [-0.4, -0.2) is 25.7 Å². The van der Waals surface area contributed by atoms with Crippen molar-refractivity contribution in [3.63, 3.8) is 0 Å². The molecule has 1 amide bonds. The Balaban J connectivity index is 1.28. The van der Waals surface area contributed by atoms with Crippen molar-refractivity contribution in [3.8, 4) is 16.4 Å². The van der Waals surface area contributed by atoms with Gasteiger partial charge >= 0.3 is 0 Å². The number of aromatic nitrogens is 4. The number of carbonyl (C=O) groups is 1. The molecule has 5 rings (SSSR count). The van der Waals surface area contributed by atoms with Gasteiger partial charge in [0.1, 0.15) is 12.1 Å². The maximum atomic E-state index is 13.0. The summed E-state index contributed by atoms with van der Waals surface area (Å²) in [5, 5.41) is 14.2. The van der Waals surface area contributed by atoms with Gasteiger partial charge in [-0.2, -0.15) is 0 Å². The Kier molecular flexibility index (Phi) is 6.50. The van der Waals surface area contributed by atoms with E-state index in [1.807, 2.05) is 52.4 Å². The predicted octanol–water partition coefficient (Wildman–Crippen LogP) is 5.35. The topological polar surface area (TPSA) is 85.8 Å². The van der Waals surface area contributed by atoms with Gasteiger partial charge in [0.15, 0.2) is 16.7 Å². The summed E-state index contributed by atoms with van der Waals surface area (Å²) in [7, 11) is 0. The lowest BCUT2D eigenvalue weighted by molar-refractivity contribution is 0.0946. The number of thiophene rings is 1. The zero-order chi connectivity index (χ0) is 23.3. The Labute approximate surface area is 202 Å². The number of oxazole rings is 1. The van der Waals surface area contributed by atoms with E-state index in [2.05, 4.69) is 20.5 Å². The average molecular weight is 492 g/mol. The molecule has 0 saturated heterocycles. The van der Waals surface area contributed by atoms with E-state index < -0.39 is 0 Å². The predicted molar refractivity (Wildman–Crippen MR) is 128 cm³/mol. The Hall–Kier alpha value is -3.76. The first kappa shape index (κ1) is 22.1. The molecule has 7 nitrogen and oxygen atoms in total. The molecule has 0 aliphatic heterocycles. The minimum Gasteiger partial charge on any atom is -0.447 e. The van der Waals surface area contributed by atoms with Gasteiger partial charge in [-0.1, -0.05) is 48.2 Å². The Morgan fingerprint density at radius 3 is 2.65 bits per heavy atom. The second-order valence-corrected chi connectivity index (χ2v) is 9.07. The highest BCUT2D eigenvalue weighted by Gasteiger charge is 2.18. The van der Waals surface area contributed by atoms with Crippen molar-refractivity contribution in [2.45, 2.75) is 17.5 Å². The van der Waals surface area contributed by atoms with Crippen LogP contribution in [0.3, 0.4) is 0 Å². The molecule has 3 aromatic heterocycles. The van der Waals surface area contributed by atoms with E-state index in [0.29, 0.717) is 16.8 Å². The monoisotopic (exact) mass is 491 g/mol. The summed E-state index contributed by atoms with van der Waals surface area (Å²) in [5.41, 5.74) is 1.92. The molecule has 0 spiro atoms. The molecule has 0 unspecified atom stereocenters. The lowest BCUT2D eigenvalue weighted by Gasteiger charge is -2.08. The van der Waals surface area contributed by atoms with Crippen LogP contribution in [0.4, 0.5) is 4.39 Å². The molecular weight excluding hydrogens is 473 g/mol. The molecule has 0 aliphatic rings. The molecule has 0 fully saturated rings. The normalized spacial score (nSPS) is 11.0. The van der Waals surface area contributed by atoms with Crippen LogP contribution in [0.15, 0.2) is 87.9 Å². The molecule has 3 heterocycles. The molecule has 5 aromatic rings.